The molecule has 1 aromatic heterocycles. The maximum absolute atomic E-state index is 6.01. The van der Waals surface area contributed by atoms with Crippen LogP contribution in [0.2, 0.25) is 0 Å². The lowest BCUT2D eigenvalue weighted by atomic mass is 10.0. The first-order chi connectivity index (χ1) is 7.61. The highest BCUT2D eigenvalue weighted by molar-refractivity contribution is 6.18. The van der Waals surface area contributed by atoms with E-state index in [-0.39, 0.29) is 0 Å². The maximum Gasteiger partial charge on any atom is 0.0708 e. The quantitative estimate of drug-likeness (QED) is 0.701. The molecule has 0 aliphatic heterocycles. The molecule has 2 aromatic rings. The third-order valence-electron chi connectivity index (χ3n) is 2.81. The number of rotatable bonds is 2. The minimum atomic E-state index is 0.438. The Labute approximate surface area is 101 Å². The number of aryl methyl sites for hydroxylation is 1. The Hall–Kier alpha value is -1.08. The number of hydrogen-bond acceptors (Lipinski definition) is 1. The summed E-state index contributed by atoms with van der Waals surface area (Å²) in [5, 5.41) is 1.18. The Kier molecular flexibility index (Phi) is 3.15. The van der Waals surface area contributed by atoms with Gasteiger partial charge in [0.05, 0.1) is 5.52 Å². The van der Waals surface area contributed by atoms with Gasteiger partial charge < -0.3 is 0 Å². The second kappa shape index (κ2) is 4.42. The number of fused-ring (bicyclic) bond motifs is 1. The Balaban J connectivity index is 2.73. The molecule has 0 radical (unpaired) electrons. The van der Waals surface area contributed by atoms with Crippen LogP contribution in [0.25, 0.3) is 10.9 Å². The Morgan fingerprint density at radius 1 is 1.25 bits per heavy atom. The summed E-state index contributed by atoms with van der Waals surface area (Å²) in [5.41, 5.74) is 4.59. The van der Waals surface area contributed by atoms with Gasteiger partial charge in [0.25, 0.3) is 0 Å². The van der Waals surface area contributed by atoms with Crippen LogP contribution in [0.4, 0.5) is 0 Å². The standard InChI is InChI=1S/C14H16ClN/c1-9(2)14-7-11(8-15)12-6-10(3)4-5-13(12)16-14/h4-7,9H,8H2,1-3H3. The van der Waals surface area contributed by atoms with Crippen LogP contribution in [0.1, 0.15) is 36.6 Å². The summed E-state index contributed by atoms with van der Waals surface area (Å²) < 4.78 is 0. The fraction of sp³-hybridized carbons (Fsp3) is 0.357. The average Bonchev–Trinajstić information content (AvgIpc) is 2.27. The van der Waals surface area contributed by atoms with Gasteiger partial charge in [0.15, 0.2) is 0 Å². The van der Waals surface area contributed by atoms with Crippen LogP contribution in [0.3, 0.4) is 0 Å². The predicted octanol–water partition coefficient (Wildman–Crippen LogP) is 4.41. The van der Waals surface area contributed by atoms with Gasteiger partial charge in [0.1, 0.15) is 0 Å². The summed E-state index contributed by atoms with van der Waals surface area (Å²) in [6.07, 6.45) is 0. The molecule has 0 saturated heterocycles. The summed E-state index contributed by atoms with van der Waals surface area (Å²) in [6, 6.07) is 8.45. The molecule has 0 fully saturated rings. The van der Waals surface area contributed by atoms with E-state index in [1.165, 1.54) is 16.5 Å². The molecule has 0 aliphatic rings. The van der Waals surface area contributed by atoms with Gasteiger partial charge in [-0.15, -0.1) is 11.6 Å². The molecule has 1 nitrogen and oxygen atoms in total. The fourth-order valence-electron chi connectivity index (χ4n) is 1.84. The zero-order valence-electron chi connectivity index (χ0n) is 9.92. The second-order valence-corrected chi connectivity index (χ2v) is 4.78. The van der Waals surface area contributed by atoms with Crippen molar-refractivity contribution in [1.82, 2.24) is 4.98 Å². The molecule has 0 atom stereocenters. The smallest absolute Gasteiger partial charge is 0.0708 e. The number of pyridine rings is 1. The molecule has 0 bridgehead atoms. The first-order valence-corrected chi connectivity index (χ1v) is 6.11. The van der Waals surface area contributed by atoms with Gasteiger partial charge in [0.2, 0.25) is 0 Å². The van der Waals surface area contributed by atoms with Gasteiger partial charge in [-0.05, 0) is 36.6 Å². The van der Waals surface area contributed by atoms with E-state index in [0.29, 0.717) is 11.8 Å². The zero-order valence-corrected chi connectivity index (χ0v) is 10.7. The molecule has 0 saturated carbocycles. The summed E-state index contributed by atoms with van der Waals surface area (Å²) in [4.78, 5) is 4.67. The average molecular weight is 234 g/mol. The molecule has 0 amide bonds. The predicted molar refractivity (Wildman–Crippen MR) is 70.1 cm³/mol. The van der Waals surface area contributed by atoms with Gasteiger partial charge in [-0.1, -0.05) is 25.5 Å². The highest BCUT2D eigenvalue weighted by Crippen LogP contribution is 2.24. The lowest BCUT2D eigenvalue weighted by Gasteiger charge is -2.10. The summed E-state index contributed by atoms with van der Waals surface area (Å²) in [7, 11) is 0. The highest BCUT2D eigenvalue weighted by atomic mass is 35.5. The van der Waals surface area contributed by atoms with E-state index in [0.717, 1.165) is 11.2 Å². The van der Waals surface area contributed by atoms with Gasteiger partial charge in [0, 0.05) is 17.0 Å². The molecule has 2 heteroatoms. The van der Waals surface area contributed by atoms with Crippen LogP contribution in [-0.2, 0) is 5.88 Å². The van der Waals surface area contributed by atoms with Gasteiger partial charge in [-0.3, -0.25) is 4.98 Å². The Morgan fingerprint density at radius 3 is 2.62 bits per heavy atom. The zero-order chi connectivity index (χ0) is 11.7. The van der Waals surface area contributed by atoms with Crippen LogP contribution in [-0.4, -0.2) is 4.98 Å². The largest absolute Gasteiger partial charge is 0.253 e. The molecule has 0 aliphatic carbocycles. The lowest BCUT2D eigenvalue weighted by Crippen LogP contribution is -1.96. The monoisotopic (exact) mass is 233 g/mol. The van der Waals surface area contributed by atoms with Crippen molar-refractivity contribution in [3.8, 4) is 0 Å². The van der Waals surface area contributed by atoms with Crippen LogP contribution in [0.15, 0.2) is 24.3 Å². The number of nitrogens with zero attached hydrogens (tertiary/aromatic N) is 1. The van der Waals surface area contributed by atoms with Crippen molar-refractivity contribution in [1.29, 1.82) is 0 Å². The first kappa shape index (κ1) is 11.4. The van der Waals surface area contributed by atoms with Crippen LogP contribution in [0, 0.1) is 6.92 Å². The van der Waals surface area contributed by atoms with E-state index in [1.807, 2.05) is 0 Å². The number of halogens is 1. The molecule has 0 spiro atoms. The molecule has 1 heterocycles. The number of benzene rings is 1. The molecular weight excluding hydrogens is 218 g/mol. The normalized spacial score (nSPS) is 11.3. The summed E-state index contributed by atoms with van der Waals surface area (Å²) in [6.45, 7) is 6.40. The minimum absolute atomic E-state index is 0.438. The Bertz CT molecular complexity index is 517. The molecule has 1 aromatic carbocycles. The van der Waals surface area contributed by atoms with Crippen molar-refractivity contribution in [2.45, 2.75) is 32.6 Å². The van der Waals surface area contributed by atoms with E-state index in [4.69, 9.17) is 11.6 Å². The maximum atomic E-state index is 6.01. The van der Waals surface area contributed by atoms with Crippen LogP contribution in [0.5, 0.6) is 0 Å². The number of hydrogen-bond donors (Lipinski definition) is 0. The lowest BCUT2D eigenvalue weighted by molar-refractivity contribution is 0.828. The molecule has 84 valence electrons. The van der Waals surface area contributed by atoms with E-state index in [9.17, 15) is 0 Å². The first-order valence-electron chi connectivity index (χ1n) is 5.58. The van der Waals surface area contributed by atoms with Crippen molar-refractivity contribution >= 4 is 22.5 Å². The fourth-order valence-corrected chi connectivity index (χ4v) is 2.06. The summed E-state index contributed by atoms with van der Waals surface area (Å²) >= 11 is 6.01. The van der Waals surface area contributed by atoms with Crippen molar-refractivity contribution in [3.63, 3.8) is 0 Å². The third-order valence-corrected chi connectivity index (χ3v) is 3.09. The molecule has 0 N–H and O–H groups in total. The summed E-state index contributed by atoms with van der Waals surface area (Å²) in [5.74, 6) is 0.981. The number of alkyl halides is 1. The topological polar surface area (TPSA) is 12.9 Å². The van der Waals surface area contributed by atoms with E-state index in [1.54, 1.807) is 0 Å². The van der Waals surface area contributed by atoms with Crippen molar-refractivity contribution < 1.29 is 0 Å². The van der Waals surface area contributed by atoms with Crippen molar-refractivity contribution in [3.05, 3.63) is 41.1 Å². The second-order valence-electron chi connectivity index (χ2n) is 4.52. The highest BCUT2D eigenvalue weighted by Gasteiger charge is 2.07. The van der Waals surface area contributed by atoms with Crippen LogP contribution < -0.4 is 0 Å². The Morgan fingerprint density at radius 2 is 2.00 bits per heavy atom. The van der Waals surface area contributed by atoms with Gasteiger partial charge in [-0.25, -0.2) is 0 Å². The van der Waals surface area contributed by atoms with Crippen molar-refractivity contribution in [2.24, 2.45) is 0 Å². The SMILES string of the molecule is Cc1ccc2nc(C(C)C)cc(CCl)c2c1. The minimum Gasteiger partial charge on any atom is -0.253 e. The van der Waals surface area contributed by atoms with Crippen LogP contribution >= 0.6 is 11.6 Å². The van der Waals surface area contributed by atoms with Gasteiger partial charge >= 0.3 is 0 Å². The molecule has 16 heavy (non-hydrogen) atoms. The molecule has 0 unspecified atom stereocenters. The van der Waals surface area contributed by atoms with Crippen molar-refractivity contribution in [2.75, 3.05) is 0 Å². The van der Waals surface area contributed by atoms with Gasteiger partial charge in [-0.2, -0.15) is 0 Å². The van der Waals surface area contributed by atoms with E-state index in [2.05, 4.69) is 50.0 Å². The molecule has 2 rings (SSSR count). The van der Waals surface area contributed by atoms with E-state index < -0.39 is 0 Å². The number of aromatic nitrogens is 1. The molecular formula is C14H16ClN. The van der Waals surface area contributed by atoms with E-state index >= 15 is 0 Å². The third kappa shape index (κ3) is 2.05.